The van der Waals surface area contributed by atoms with Crippen LogP contribution in [-0.2, 0) is 0 Å². The van der Waals surface area contributed by atoms with Gasteiger partial charge in [-0.15, -0.1) is 11.8 Å². The van der Waals surface area contributed by atoms with Crippen LogP contribution in [-0.4, -0.2) is 10.00 Å². The normalized spacial score (nSPS) is 24.8. The van der Waals surface area contributed by atoms with Gasteiger partial charge in [0.1, 0.15) is 0 Å². The summed E-state index contributed by atoms with van der Waals surface area (Å²) in [6.07, 6.45) is 6.23. The molecule has 1 aliphatic heterocycles. The van der Waals surface area contributed by atoms with E-state index in [1.54, 1.807) is 0 Å². The smallest absolute Gasteiger partial charge is 0.0424 e. The highest BCUT2D eigenvalue weighted by Gasteiger charge is 2.48. The summed E-state index contributed by atoms with van der Waals surface area (Å²) in [6, 6.07) is 8.63. The van der Waals surface area contributed by atoms with E-state index in [0.717, 1.165) is 11.7 Å². The van der Waals surface area contributed by atoms with Gasteiger partial charge in [-0.25, -0.2) is 0 Å². The second-order valence-corrected chi connectivity index (χ2v) is 9.35. The summed E-state index contributed by atoms with van der Waals surface area (Å²) in [5.74, 6) is 0. The molecule has 28 heavy (non-hydrogen) atoms. The number of allylic oxidation sites excluding steroid dienone is 3. The molecule has 2 aliphatic rings. The van der Waals surface area contributed by atoms with E-state index in [1.807, 2.05) is 13.8 Å². The summed E-state index contributed by atoms with van der Waals surface area (Å²) in [5, 5.41) is 0.771. The molecule has 0 amide bonds. The first-order chi connectivity index (χ1) is 12.9. The Morgan fingerprint density at radius 2 is 1.68 bits per heavy atom. The van der Waals surface area contributed by atoms with Gasteiger partial charge < -0.3 is 0 Å². The van der Waals surface area contributed by atoms with Crippen molar-refractivity contribution < 1.29 is 0 Å². The molecule has 1 heterocycles. The van der Waals surface area contributed by atoms with Gasteiger partial charge in [-0.3, -0.25) is 0 Å². The Labute approximate surface area is 180 Å². The zero-order valence-corrected chi connectivity index (χ0v) is 19.6. The average Bonchev–Trinajstić information content (AvgIpc) is 2.65. The molecule has 1 aromatic carbocycles. The molecule has 0 bridgehead atoms. The molecule has 1 heteroatoms. The highest BCUT2D eigenvalue weighted by atomic mass is 32.2. The number of aryl methyl sites for hydroxylation is 1. The highest BCUT2D eigenvalue weighted by molar-refractivity contribution is 8.02. The van der Waals surface area contributed by atoms with Crippen molar-refractivity contribution in [3.05, 3.63) is 65.3 Å². The van der Waals surface area contributed by atoms with Crippen molar-refractivity contribution in [2.24, 2.45) is 0 Å². The monoisotopic (exact) mass is 400 g/mol. The minimum Gasteiger partial charge on any atom is -0.147 e. The quantitative estimate of drug-likeness (QED) is 0.476. The van der Waals surface area contributed by atoms with E-state index in [4.69, 9.17) is 0 Å². The van der Waals surface area contributed by atoms with Crippen LogP contribution in [0, 0.1) is 6.92 Å². The number of hydrogen-bond donors (Lipinski definition) is 0. The summed E-state index contributed by atoms with van der Waals surface area (Å²) in [6.45, 7) is 23.9. The molecule has 0 N–H and O–H groups in total. The number of thioether (sulfide) groups is 1. The van der Waals surface area contributed by atoms with Crippen LogP contribution >= 0.6 is 11.8 Å². The lowest BCUT2D eigenvalue weighted by Gasteiger charge is -2.51. The van der Waals surface area contributed by atoms with E-state index in [0.29, 0.717) is 4.75 Å². The van der Waals surface area contributed by atoms with Gasteiger partial charge in [0.2, 0.25) is 0 Å². The van der Waals surface area contributed by atoms with Crippen molar-refractivity contribution in [1.82, 2.24) is 0 Å². The third-order valence-electron chi connectivity index (χ3n) is 5.50. The van der Waals surface area contributed by atoms with Crippen LogP contribution in [0.3, 0.4) is 0 Å². The van der Waals surface area contributed by atoms with E-state index in [-0.39, 0.29) is 7.43 Å². The Kier molecular flexibility index (Phi) is 11.8. The first-order valence-corrected chi connectivity index (χ1v) is 11.6. The van der Waals surface area contributed by atoms with Crippen molar-refractivity contribution >= 4 is 17.3 Å². The van der Waals surface area contributed by atoms with Crippen LogP contribution in [0.5, 0.6) is 0 Å². The number of benzene rings is 1. The molecule has 3 rings (SSSR count). The van der Waals surface area contributed by atoms with Gasteiger partial charge in [0.05, 0.1) is 0 Å². The molecule has 0 radical (unpaired) electrons. The van der Waals surface area contributed by atoms with E-state index < -0.39 is 0 Å². The average molecular weight is 401 g/mol. The van der Waals surface area contributed by atoms with Gasteiger partial charge in [0.15, 0.2) is 0 Å². The van der Waals surface area contributed by atoms with Crippen LogP contribution in [0.1, 0.15) is 92.2 Å². The summed E-state index contributed by atoms with van der Waals surface area (Å²) < 4.78 is 0.292. The molecule has 2 unspecified atom stereocenters. The molecular formula is C27H44S. The maximum absolute atomic E-state index is 4.49. The summed E-state index contributed by atoms with van der Waals surface area (Å²) in [5.41, 5.74) is 7.95. The molecule has 158 valence electrons. The van der Waals surface area contributed by atoms with E-state index in [9.17, 15) is 0 Å². The topological polar surface area (TPSA) is 0 Å². The summed E-state index contributed by atoms with van der Waals surface area (Å²) >= 11 is 2.11. The number of hydrogen-bond acceptors (Lipinski definition) is 1. The fourth-order valence-corrected chi connectivity index (χ4v) is 5.54. The Morgan fingerprint density at radius 3 is 2.14 bits per heavy atom. The van der Waals surface area contributed by atoms with Crippen molar-refractivity contribution in [2.45, 2.75) is 98.0 Å². The lowest BCUT2D eigenvalue weighted by atomic mass is 9.73. The van der Waals surface area contributed by atoms with Crippen molar-refractivity contribution in [3.63, 3.8) is 0 Å². The van der Waals surface area contributed by atoms with E-state index in [2.05, 4.69) is 83.8 Å². The Morgan fingerprint density at radius 1 is 1.14 bits per heavy atom. The maximum atomic E-state index is 4.49. The van der Waals surface area contributed by atoms with E-state index in [1.165, 1.54) is 59.1 Å². The minimum absolute atomic E-state index is 0. The number of unbranched alkanes of at least 4 members (excludes halogenated alkanes) is 1. The van der Waals surface area contributed by atoms with Crippen molar-refractivity contribution in [3.8, 4) is 0 Å². The zero-order valence-electron chi connectivity index (χ0n) is 18.7. The lowest BCUT2D eigenvalue weighted by Crippen LogP contribution is -2.44. The van der Waals surface area contributed by atoms with Gasteiger partial charge in [0, 0.05) is 10.00 Å². The van der Waals surface area contributed by atoms with Crippen LogP contribution in [0.4, 0.5) is 0 Å². The third-order valence-corrected chi connectivity index (χ3v) is 7.14. The van der Waals surface area contributed by atoms with Crippen molar-refractivity contribution in [2.75, 3.05) is 0 Å². The Hall–Kier alpha value is -1.21. The predicted octanol–water partition coefficient (Wildman–Crippen LogP) is 9.41. The van der Waals surface area contributed by atoms with Gasteiger partial charge in [-0.2, -0.15) is 0 Å². The van der Waals surface area contributed by atoms with Crippen LogP contribution in [0.25, 0.3) is 5.57 Å². The fourth-order valence-electron chi connectivity index (χ4n) is 3.88. The molecule has 1 aliphatic carbocycles. The first kappa shape index (κ1) is 26.8. The molecule has 0 aromatic heterocycles. The molecule has 1 saturated heterocycles. The van der Waals surface area contributed by atoms with Crippen molar-refractivity contribution in [1.29, 1.82) is 0 Å². The predicted molar refractivity (Wildman–Crippen MR) is 134 cm³/mol. The Bertz CT molecular complexity index is 669. The second kappa shape index (κ2) is 12.4. The summed E-state index contributed by atoms with van der Waals surface area (Å²) in [7, 11) is 0. The van der Waals surface area contributed by atoms with Gasteiger partial charge in [-0.05, 0) is 66.5 Å². The van der Waals surface area contributed by atoms with Crippen LogP contribution < -0.4 is 0 Å². The molecule has 0 nitrogen and oxygen atoms in total. The number of rotatable bonds is 2. The lowest BCUT2D eigenvalue weighted by molar-refractivity contribution is 0.508. The molecule has 1 spiro atoms. The van der Waals surface area contributed by atoms with Gasteiger partial charge in [0.25, 0.3) is 0 Å². The molecule has 2 fully saturated rings. The van der Waals surface area contributed by atoms with Crippen LogP contribution in [0.15, 0.2) is 54.1 Å². The van der Waals surface area contributed by atoms with Gasteiger partial charge in [-0.1, -0.05) is 92.3 Å². The standard InChI is InChI=1S/C20H24S.C4H10.C2H6.CH4/c1-13-8-6-7-9-18(13)16(4)19-14(2)10-11-20(17(19)5)12-15(3)21-20;1-3-4-2;1-2;/h6-9,15H,2,5,10-12H2,1,3-4H3;3-4H2,1-2H3;1-2H3;1H4/b19-16+;;;. The SMILES string of the molecule is C.C=C1CCC2(CC(C)S2)C(=C)/C1=C(\C)c1ccccc1C.CC.CCCC. The van der Waals surface area contributed by atoms with Crippen LogP contribution in [0.2, 0.25) is 0 Å². The zero-order chi connectivity index (χ0) is 20.6. The summed E-state index contributed by atoms with van der Waals surface area (Å²) in [4.78, 5) is 0. The molecule has 1 saturated carbocycles. The first-order valence-electron chi connectivity index (χ1n) is 10.7. The minimum atomic E-state index is 0. The molecule has 1 aromatic rings. The second-order valence-electron chi connectivity index (χ2n) is 7.52. The molecular weight excluding hydrogens is 356 g/mol. The highest BCUT2D eigenvalue weighted by Crippen LogP contribution is 2.59. The van der Waals surface area contributed by atoms with E-state index >= 15 is 0 Å². The molecule has 2 atom stereocenters. The largest absolute Gasteiger partial charge is 0.147 e. The Balaban J connectivity index is 0.000000931. The maximum Gasteiger partial charge on any atom is 0.0424 e. The fraction of sp³-hybridized carbons (Fsp3) is 0.556. The van der Waals surface area contributed by atoms with Gasteiger partial charge >= 0.3 is 0 Å². The third kappa shape index (κ3) is 5.89.